The van der Waals surface area contributed by atoms with Gasteiger partial charge in [-0.25, -0.2) is 9.79 Å². The summed E-state index contributed by atoms with van der Waals surface area (Å²) in [5.41, 5.74) is 0.419. The van der Waals surface area contributed by atoms with E-state index in [0.717, 1.165) is 18.4 Å². The number of ether oxygens (including phenoxy) is 3. The summed E-state index contributed by atoms with van der Waals surface area (Å²) in [6.45, 7) is 18.0. The maximum absolute atomic E-state index is 14.7. The van der Waals surface area contributed by atoms with E-state index in [1.165, 1.54) is 0 Å². The topological polar surface area (TPSA) is 191 Å². The fraction of sp³-hybridized carbons (Fsp3) is 0.733. The normalized spacial score (nSPS) is 19.5. The minimum absolute atomic E-state index is 0.0180. The average molecular weight is 882 g/mol. The third kappa shape index (κ3) is 13.6. The van der Waals surface area contributed by atoms with Crippen molar-refractivity contribution in [2.75, 3.05) is 68.1 Å². The number of methoxy groups -OCH3 is 2. The van der Waals surface area contributed by atoms with Gasteiger partial charge in [0.05, 0.1) is 42.7 Å². The van der Waals surface area contributed by atoms with Gasteiger partial charge in [0.15, 0.2) is 11.8 Å². The fourth-order valence-corrected chi connectivity index (χ4v) is 8.70. The summed E-state index contributed by atoms with van der Waals surface area (Å²) in [5, 5.41) is 17.6. The van der Waals surface area contributed by atoms with Crippen LogP contribution in [0, 0.1) is 17.8 Å². The number of aliphatic imine (C=N–C) groups is 1. The van der Waals surface area contributed by atoms with Crippen LogP contribution in [0.4, 0.5) is 4.79 Å². The van der Waals surface area contributed by atoms with Crippen molar-refractivity contribution >= 4 is 29.8 Å². The first-order valence-electron chi connectivity index (χ1n) is 22.5. The summed E-state index contributed by atoms with van der Waals surface area (Å²) < 4.78 is 17.8. The maximum atomic E-state index is 14.7. The molecule has 0 bridgehead atoms. The largest absolute Gasteiger partial charge is 0.444 e. The van der Waals surface area contributed by atoms with E-state index in [1.807, 2.05) is 95.8 Å². The van der Waals surface area contributed by atoms with Gasteiger partial charge in [-0.15, -0.1) is 10.2 Å². The Bertz CT molecular complexity index is 1780. The van der Waals surface area contributed by atoms with Gasteiger partial charge >= 0.3 is 6.09 Å². The number of hydrogen-bond acceptors (Lipinski definition) is 11. The quantitative estimate of drug-likeness (QED) is 0.162. The lowest BCUT2D eigenvalue weighted by Gasteiger charge is -2.41. The van der Waals surface area contributed by atoms with E-state index in [4.69, 9.17) is 19.2 Å². The smallest absolute Gasteiger partial charge is 0.410 e. The van der Waals surface area contributed by atoms with Gasteiger partial charge in [0, 0.05) is 74.5 Å². The van der Waals surface area contributed by atoms with Crippen molar-refractivity contribution in [3.8, 4) is 0 Å². The number of H-pyrrole nitrogens is 1. The summed E-state index contributed by atoms with van der Waals surface area (Å²) in [7, 11) is 8.77. The summed E-state index contributed by atoms with van der Waals surface area (Å²) in [6, 6.07) is 7.73. The Morgan fingerprint density at radius 1 is 0.952 bits per heavy atom. The molecule has 1 aromatic heterocycles. The van der Waals surface area contributed by atoms with Gasteiger partial charge in [-0.1, -0.05) is 76.6 Å². The van der Waals surface area contributed by atoms with Crippen LogP contribution in [0.2, 0.25) is 0 Å². The number of carbonyl (C=O) groups is 4. The Balaban J connectivity index is 1.49. The lowest BCUT2D eigenvalue weighted by Crippen LogP contribution is -2.56. The van der Waals surface area contributed by atoms with Crippen molar-refractivity contribution in [2.24, 2.45) is 22.7 Å². The van der Waals surface area contributed by atoms with E-state index in [0.29, 0.717) is 57.3 Å². The Morgan fingerprint density at radius 2 is 1.60 bits per heavy atom. The molecule has 0 radical (unpaired) electrons. The molecule has 0 spiro atoms. The number of likely N-dealkylation sites (N-methyl/N-ethyl adjacent to an activating group) is 1. The van der Waals surface area contributed by atoms with Crippen LogP contribution in [0.15, 0.2) is 35.3 Å². The van der Waals surface area contributed by atoms with E-state index in [2.05, 4.69) is 44.7 Å². The molecular weight excluding hydrogens is 807 g/mol. The third-order valence-corrected chi connectivity index (χ3v) is 12.3. The highest BCUT2D eigenvalue weighted by Crippen LogP contribution is 2.30. The molecule has 4 amide bonds. The highest BCUT2D eigenvalue weighted by molar-refractivity contribution is 5.88. The molecule has 2 unspecified atom stereocenters. The second-order valence-corrected chi connectivity index (χ2v) is 18.6. The van der Waals surface area contributed by atoms with E-state index in [9.17, 15) is 19.2 Å². The van der Waals surface area contributed by atoms with Crippen LogP contribution in [0.1, 0.15) is 98.5 Å². The molecular formula is C45H75N11O7. The zero-order valence-corrected chi connectivity index (χ0v) is 40.0. The van der Waals surface area contributed by atoms with Crippen LogP contribution in [0.5, 0.6) is 0 Å². The van der Waals surface area contributed by atoms with Gasteiger partial charge in [-0.05, 0) is 51.0 Å². The first-order chi connectivity index (χ1) is 29.8. The number of hydrogen-bond donors (Lipinski definition) is 2. The molecule has 2 N–H and O–H groups in total. The lowest BCUT2D eigenvalue weighted by molar-refractivity contribution is -0.146. The summed E-state index contributed by atoms with van der Waals surface area (Å²) >= 11 is 0. The van der Waals surface area contributed by atoms with Crippen molar-refractivity contribution < 1.29 is 33.4 Å². The number of rotatable bonds is 18. The number of likely N-dealkylation sites (tertiary alicyclic amines) is 1. The van der Waals surface area contributed by atoms with Crippen molar-refractivity contribution in [1.82, 2.24) is 50.4 Å². The molecule has 2 aromatic rings. The average Bonchev–Trinajstić information content (AvgIpc) is 3.97. The van der Waals surface area contributed by atoms with Gasteiger partial charge in [0.1, 0.15) is 11.6 Å². The van der Waals surface area contributed by atoms with Crippen molar-refractivity contribution in [1.29, 1.82) is 0 Å². The molecule has 2 aliphatic rings. The predicted octanol–water partition coefficient (Wildman–Crippen LogP) is 4.01. The Labute approximate surface area is 374 Å². The number of carbonyl (C=O) groups excluding carboxylic acids is 4. The molecule has 3 heterocycles. The molecule has 352 valence electrons. The summed E-state index contributed by atoms with van der Waals surface area (Å²) in [4.78, 5) is 70.3. The van der Waals surface area contributed by atoms with Gasteiger partial charge in [-0.3, -0.25) is 14.4 Å². The lowest BCUT2D eigenvalue weighted by atomic mass is 9.89. The SMILES string of the molecule is CC[C@H](C)[C@@H]([C@@H](CC(=O)N1CCCC1[C@H](OC)[C@@H](C)C(=O)N[C@@H](Cc1ccccc1)c1nn[nH]n1)OC)N(C)C(=O)C(N=C(N(C)C)N1CCN(C(=O)OC(C)(C)C)CC1)C(C)C. The molecule has 4 rings (SSSR count). The summed E-state index contributed by atoms with van der Waals surface area (Å²) in [5.74, 6) is -0.290. The first kappa shape index (κ1) is 50.8. The summed E-state index contributed by atoms with van der Waals surface area (Å²) in [6.07, 6.45) is 1.12. The van der Waals surface area contributed by atoms with E-state index in [1.54, 1.807) is 31.1 Å². The predicted molar refractivity (Wildman–Crippen MR) is 240 cm³/mol. The highest BCUT2D eigenvalue weighted by atomic mass is 16.6. The second kappa shape index (κ2) is 23.2. The molecule has 18 heteroatoms. The standard InChI is InChI=1S/C45H75N11O7/c1-14-30(4)38(53(11)42(59)37(29(2)3)47-43(52(9)10)54-23-25-55(26-24-54)44(60)63-45(6,7)8)35(61-12)28-36(57)56-22-18-21-34(56)39(62-13)31(5)41(58)46-33(40-48-50-51-49-40)27-32-19-16-15-17-20-32/h15-17,19-20,29-31,33-35,37-39H,14,18,21-28H2,1-13H3,(H,46,58)(H,48,49,50,51)/t30-,31+,33-,34?,35+,37?,38-,39+/m0/s1. The van der Waals surface area contributed by atoms with Crippen molar-refractivity contribution in [3.05, 3.63) is 41.7 Å². The van der Waals surface area contributed by atoms with Gasteiger partial charge in [0.25, 0.3) is 0 Å². The minimum atomic E-state index is -0.721. The number of nitrogens with zero attached hydrogens (tertiary/aromatic N) is 9. The molecule has 63 heavy (non-hydrogen) atoms. The number of benzene rings is 1. The van der Waals surface area contributed by atoms with Crippen LogP contribution in [0.25, 0.3) is 0 Å². The molecule has 2 fully saturated rings. The van der Waals surface area contributed by atoms with Crippen molar-refractivity contribution in [3.63, 3.8) is 0 Å². The van der Waals surface area contributed by atoms with Crippen LogP contribution in [-0.2, 0) is 35.0 Å². The molecule has 1 aromatic carbocycles. The third-order valence-electron chi connectivity index (χ3n) is 12.3. The molecule has 2 saturated heterocycles. The van der Waals surface area contributed by atoms with Crippen LogP contribution in [0.3, 0.4) is 0 Å². The van der Waals surface area contributed by atoms with Gasteiger partial charge in [-0.2, -0.15) is 5.21 Å². The van der Waals surface area contributed by atoms with Crippen LogP contribution >= 0.6 is 0 Å². The minimum Gasteiger partial charge on any atom is -0.444 e. The Morgan fingerprint density at radius 3 is 2.14 bits per heavy atom. The van der Waals surface area contributed by atoms with E-state index < -0.39 is 41.9 Å². The number of nitrogens with one attached hydrogen (secondary N) is 2. The monoisotopic (exact) mass is 882 g/mol. The first-order valence-corrected chi connectivity index (χ1v) is 22.5. The van der Waals surface area contributed by atoms with Crippen LogP contribution in [-0.4, -0.2) is 179 Å². The number of amides is 4. The zero-order chi connectivity index (χ0) is 46.6. The van der Waals surface area contributed by atoms with E-state index in [-0.39, 0.29) is 48.1 Å². The second-order valence-electron chi connectivity index (χ2n) is 18.6. The maximum Gasteiger partial charge on any atom is 0.410 e. The number of piperazine rings is 1. The molecule has 8 atom stereocenters. The Kier molecular flexibility index (Phi) is 18.7. The van der Waals surface area contributed by atoms with E-state index >= 15 is 0 Å². The van der Waals surface area contributed by atoms with Gasteiger partial charge in [0.2, 0.25) is 17.7 Å². The molecule has 0 aliphatic carbocycles. The fourth-order valence-electron chi connectivity index (χ4n) is 8.70. The Hall–Kier alpha value is -4.84. The van der Waals surface area contributed by atoms with Crippen molar-refractivity contribution in [2.45, 2.75) is 129 Å². The molecule has 18 nitrogen and oxygen atoms in total. The number of aromatic amines is 1. The molecule has 0 saturated carbocycles. The zero-order valence-electron chi connectivity index (χ0n) is 40.0. The van der Waals surface area contributed by atoms with Crippen LogP contribution < -0.4 is 5.32 Å². The number of tetrazole rings is 1. The highest BCUT2D eigenvalue weighted by Gasteiger charge is 2.43. The van der Waals surface area contributed by atoms with Gasteiger partial charge < -0.3 is 44.0 Å². The number of aromatic nitrogens is 4. The number of guanidine groups is 1. The molecule has 2 aliphatic heterocycles.